The highest BCUT2D eigenvalue weighted by Crippen LogP contribution is 2.19. The molecule has 0 heterocycles. The molecule has 0 aliphatic heterocycles. The summed E-state index contributed by atoms with van der Waals surface area (Å²) in [4.78, 5) is 4.78. The molecule has 4 N–H and O–H groups in total. The van der Waals surface area contributed by atoms with Gasteiger partial charge in [0.25, 0.3) is 0 Å². The van der Waals surface area contributed by atoms with Gasteiger partial charge in [-0.2, -0.15) is 0 Å². The van der Waals surface area contributed by atoms with E-state index in [9.17, 15) is 33.7 Å². The predicted molar refractivity (Wildman–Crippen MR) is 268 cm³/mol. The summed E-state index contributed by atoms with van der Waals surface area (Å²) in [5.74, 6) is 1.31. The number of sulfonamides is 4. The summed E-state index contributed by atoms with van der Waals surface area (Å²) in [5, 5.41) is 0. The molecule has 0 amide bonds. The molecule has 0 saturated heterocycles. The standard InChI is InChI=1S/C46H68N6O10S4/c1-63(53,54)47-41-17-13-39(14-18-41)29-33-51(35-37-61-45-25-21-43(22-26-45)49-65(3,57)58)31-11-9-7-5-6-8-10-12-32-52(34-30-40-15-19-42(20-16-40)48-64(2,55)56)36-38-62-46-27-23-44(24-28-46)50-66(4,59)60/h13-28,47-50H,5-12,29-38H2,1-4H3. The number of unbranched alkanes of at least 4 members (excludes halogenated alkanes) is 7. The van der Waals surface area contributed by atoms with Gasteiger partial charge >= 0.3 is 0 Å². The lowest BCUT2D eigenvalue weighted by Crippen LogP contribution is -2.31. The lowest BCUT2D eigenvalue weighted by atomic mass is 10.1. The normalized spacial score (nSPS) is 12.3. The summed E-state index contributed by atoms with van der Waals surface area (Å²) in [7, 11) is -13.4. The molecule has 0 spiro atoms. The maximum atomic E-state index is 11.6. The summed E-state index contributed by atoms with van der Waals surface area (Å²) in [6.45, 7) is 5.84. The average molecular weight is 993 g/mol. The number of benzene rings is 4. The van der Waals surface area contributed by atoms with E-state index in [2.05, 4.69) is 28.7 Å². The minimum Gasteiger partial charge on any atom is -0.492 e. The molecule has 4 aromatic rings. The maximum Gasteiger partial charge on any atom is 0.229 e. The number of hydrogen-bond acceptors (Lipinski definition) is 12. The highest BCUT2D eigenvalue weighted by molar-refractivity contribution is 7.92. The molecule has 0 saturated carbocycles. The molecule has 16 nitrogen and oxygen atoms in total. The Bertz CT molecular complexity index is 2320. The number of anilines is 4. The Kier molecular flexibility index (Phi) is 21.8. The first-order chi connectivity index (χ1) is 31.2. The Hall–Kier alpha value is -4.60. The molecule has 0 unspecified atom stereocenters. The fourth-order valence-corrected chi connectivity index (χ4v) is 9.39. The van der Waals surface area contributed by atoms with Crippen molar-refractivity contribution in [1.82, 2.24) is 9.80 Å². The summed E-state index contributed by atoms with van der Waals surface area (Å²) >= 11 is 0. The lowest BCUT2D eigenvalue weighted by Gasteiger charge is -2.23. The Morgan fingerprint density at radius 2 is 0.606 bits per heavy atom. The van der Waals surface area contributed by atoms with Gasteiger partial charge in [0.2, 0.25) is 40.1 Å². The zero-order valence-electron chi connectivity index (χ0n) is 38.6. The topological polar surface area (TPSA) is 210 Å². The van der Waals surface area contributed by atoms with Crippen LogP contribution in [-0.4, -0.2) is 121 Å². The van der Waals surface area contributed by atoms with Crippen LogP contribution in [-0.2, 0) is 52.9 Å². The van der Waals surface area contributed by atoms with E-state index in [-0.39, 0.29) is 0 Å². The van der Waals surface area contributed by atoms with Crippen molar-refractivity contribution in [2.24, 2.45) is 0 Å². The second kappa shape index (κ2) is 26.7. The van der Waals surface area contributed by atoms with Gasteiger partial charge < -0.3 is 9.47 Å². The van der Waals surface area contributed by atoms with Gasteiger partial charge in [0, 0.05) is 48.9 Å². The van der Waals surface area contributed by atoms with Crippen LogP contribution < -0.4 is 28.4 Å². The van der Waals surface area contributed by atoms with Crippen molar-refractivity contribution in [3.63, 3.8) is 0 Å². The molecule has 66 heavy (non-hydrogen) atoms. The molecule has 20 heteroatoms. The summed E-state index contributed by atoms with van der Waals surface area (Å²) in [5.41, 5.74) is 4.23. The van der Waals surface area contributed by atoms with E-state index in [4.69, 9.17) is 9.47 Å². The highest BCUT2D eigenvalue weighted by atomic mass is 32.2. The van der Waals surface area contributed by atoms with Crippen LogP contribution in [0.5, 0.6) is 11.5 Å². The third kappa shape index (κ3) is 24.8. The number of nitrogens with one attached hydrogen (secondary N) is 4. The van der Waals surface area contributed by atoms with E-state index in [1.807, 2.05) is 24.3 Å². The van der Waals surface area contributed by atoms with Gasteiger partial charge in [-0.25, -0.2) is 33.7 Å². The molecule has 0 aliphatic rings. The molecule has 0 aliphatic carbocycles. The molecule has 0 radical (unpaired) electrons. The largest absolute Gasteiger partial charge is 0.492 e. The quantitative estimate of drug-likeness (QED) is 0.0362. The van der Waals surface area contributed by atoms with E-state index in [1.165, 1.54) is 12.8 Å². The SMILES string of the molecule is CS(=O)(=O)Nc1ccc(CCN(CCCCCCCCCCN(CCOc2ccc(NS(C)(=O)=O)cc2)CCc2ccc(NS(C)(=O)=O)cc2)CCOc2ccc(NS(C)(=O)=O)cc2)cc1. The molecule has 4 aromatic carbocycles. The Morgan fingerprint density at radius 1 is 0.348 bits per heavy atom. The van der Waals surface area contributed by atoms with Crippen LogP contribution in [0.25, 0.3) is 0 Å². The van der Waals surface area contributed by atoms with Crippen LogP contribution in [0.3, 0.4) is 0 Å². The number of hydrogen-bond donors (Lipinski definition) is 4. The molecule has 366 valence electrons. The monoisotopic (exact) mass is 992 g/mol. The van der Waals surface area contributed by atoms with E-state index in [0.717, 1.165) is 114 Å². The van der Waals surface area contributed by atoms with Crippen LogP contribution >= 0.6 is 0 Å². The maximum absolute atomic E-state index is 11.6. The van der Waals surface area contributed by atoms with Crippen molar-refractivity contribution in [1.29, 1.82) is 0 Å². The van der Waals surface area contributed by atoms with Crippen molar-refractivity contribution in [3.8, 4) is 11.5 Å². The van der Waals surface area contributed by atoms with Crippen molar-refractivity contribution >= 4 is 62.8 Å². The van der Waals surface area contributed by atoms with Crippen LogP contribution in [0.1, 0.15) is 62.5 Å². The fourth-order valence-electron chi connectivity index (χ4n) is 7.14. The zero-order chi connectivity index (χ0) is 48.1. The Labute approximate surface area is 394 Å². The molecule has 0 atom stereocenters. The Balaban J connectivity index is 1.19. The van der Waals surface area contributed by atoms with Crippen LogP contribution in [0, 0.1) is 0 Å². The number of ether oxygens (including phenoxy) is 2. The van der Waals surface area contributed by atoms with Gasteiger partial charge in [-0.05, 0) is 123 Å². The molecule has 0 aromatic heterocycles. The van der Waals surface area contributed by atoms with Gasteiger partial charge in [0.15, 0.2) is 0 Å². The zero-order valence-corrected chi connectivity index (χ0v) is 41.8. The van der Waals surface area contributed by atoms with Crippen LogP contribution in [0.2, 0.25) is 0 Å². The first-order valence-corrected chi connectivity index (χ1v) is 29.7. The first-order valence-electron chi connectivity index (χ1n) is 22.2. The molecule has 0 bridgehead atoms. The van der Waals surface area contributed by atoms with Crippen molar-refractivity contribution in [2.75, 3.05) is 96.4 Å². The minimum absolute atomic E-state index is 0.472. The summed E-state index contributed by atoms with van der Waals surface area (Å²) in [6.07, 6.45) is 15.1. The van der Waals surface area contributed by atoms with E-state index >= 15 is 0 Å². The molecular formula is C46H68N6O10S4. The molecule has 4 rings (SSSR count). The van der Waals surface area contributed by atoms with Gasteiger partial charge in [0.05, 0.1) is 25.0 Å². The van der Waals surface area contributed by atoms with Gasteiger partial charge in [-0.1, -0.05) is 62.8 Å². The van der Waals surface area contributed by atoms with Crippen molar-refractivity contribution in [2.45, 2.75) is 64.2 Å². The van der Waals surface area contributed by atoms with Gasteiger partial charge in [0.1, 0.15) is 24.7 Å². The highest BCUT2D eigenvalue weighted by Gasteiger charge is 2.11. The molecule has 0 fully saturated rings. The van der Waals surface area contributed by atoms with Crippen molar-refractivity contribution < 1.29 is 43.1 Å². The average Bonchev–Trinajstić information content (AvgIpc) is 3.22. The smallest absolute Gasteiger partial charge is 0.229 e. The van der Waals surface area contributed by atoms with E-state index in [1.54, 1.807) is 72.8 Å². The second-order valence-electron chi connectivity index (χ2n) is 16.6. The van der Waals surface area contributed by atoms with Gasteiger partial charge in [-0.15, -0.1) is 0 Å². The van der Waals surface area contributed by atoms with E-state index in [0.29, 0.717) is 60.6 Å². The lowest BCUT2D eigenvalue weighted by molar-refractivity contribution is 0.206. The van der Waals surface area contributed by atoms with Crippen molar-refractivity contribution in [3.05, 3.63) is 108 Å². The second-order valence-corrected chi connectivity index (χ2v) is 23.6. The fraction of sp³-hybridized carbons (Fsp3) is 0.478. The predicted octanol–water partition coefficient (Wildman–Crippen LogP) is 6.84. The minimum atomic E-state index is -3.37. The van der Waals surface area contributed by atoms with Crippen LogP contribution in [0.15, 0.2) is 97.1 Å². The Morgan fingerprint density at radius 3 is 0.879 bits per heavy atom. The molecular weight excluding hydrogens is 925 g/mol. The first kappa shape index (κ1) is 54.0. The summed E-state index contributed by atoms with van der Waals surface area (Å²) in [6, 6.07) is 28.5. The van der Waals surface area contributed by atoms with E-state index < -0.39 is 40.1 Å². The number of rotatable bonds is 33. The third-order valence-corrected chi connectivity index (χ3v) is 12.7. The number of nitrogens with zero attached hydrogens (tertiary/aromatic N) is 2. The van der Waals surface area contributed by atoms with Gasteiger partial charge in [-0.3, -0.25) is 28.7 Å². The third-order valence-electron chi connectivity index (χ3n) is 10.3. The summed E-state index contributed by atoms with van der Waals surface area (Å²) < 4.78 is 115. The van der Waals surface area contributed by atoms with Crippen LogP contribution in [0.4, 0.5) is 22.7 Å².